The van der Waals surface area contributed by atoms with Crippen LogP contribution in [0.3, 0.4) is 0 Å². The van der Waals surface area contributed by atoms with Crippen LogP contribution >= 0.6 is 11.6 Å². The Morgan fingerprint density at radius 1 is 1.16 bits per heavy atom. The zero-order valence-corrected chi connectivity index (χ0v) is 11.1. The minimum atomic E-state index is -0.257. The van der Waals surface area contributed by atoms with Gasteiger partial charge in [0.25, 0.3) is 0 Å². The zero-order valence-electron chi connectivity index (χ0n) is 10.3. The van der Waals surface area contributed by atoms with Gasteiger partial charge in [-0.2, -0.15) is 0 Å². The monoisotopic (exact) mass is 279 g/mol. The summed E-state index contributed by atoms with van der Waals surface area (Å²) in [7, 11) is 0. The van der Waals surface area contributed by atoms with Gasteiger partial charge in [-0.05, 0) is 48.4 Å². The van der Waals surface area contributed by atoms with E-state index in [2.05, 4.69) is 0 Å². The molecule has 3 N–H and O–H groups in total. The lowest BCUT2D eigenvalue weighted by Crippen LogP contribution is -2.15. The molecule has 19 heavy (non-hydrogen) atoms. The summed E-state index contributed by atoms with van der Waals surface area (Å²) >= 11 is 5.88. The van der Waals surface area contributed by atoms with E-state index in [1.165, 1.54) is 12.1 Å². The molecule has 0 spiro atoms. The third-order valence-corrected chi connectivity index (χ3v) is 3.42. The molecule has 0 amide bonds. The van der Waals surface area contributed by atoms with Gasteiger partial charge in [-0.25, -0.2) is 4.39 Å². The van der Waals surface area contributed by atoms with Crippen LogP contribution in [0.4, 0.5) is 4.39 Å². The molecule has 0 aliphatic rings. The summed E-state index contributed by atoms with van der Waals surface area (Å²) in [6.07, 6.45) is 0.697. The largest absolute Gasteiger partial charge is 0.506 e. The molecule has 4 heteroatoms. The summed E-state index contributed by atoms with van der Waals surface area (Å²) in [5, 5.41) is 9.71. The molecule has 2 rings (SSSR count). The maximum atomic E-state index is 12.9. The number of benzene rings is 2. The van der Waals surface area contributed by atoms with Crippen LogP contribution < -0.4 is 5.73 Å². The highest BCUT2D eigenvalue weighted by molar-refractivity contribution is 6.32. The summed E-state index contributed by atoms with van der Waals surface area (Å²) in [6, 6.07) is 11.5. The number of hydrogen-bond donors (Lipinski definition) is 2. The van der Waals surface area contributed by atoms with Gasteiger partial charge >= 0.3 is 0 Å². The highest BCUT2D eigenvalue weighted by atomic mass is 35.5. The van der Waals surface area contributed by atoms with Crippen molar-refractivity contribution in [2.24, 2.45) is 5.73 Å². The minimum Gasteiger partial charge on any atom is -0.506 e. The van der Waals surface area contributed by atoms with E-state index in [0.717, 1.165) is 11.1 Å². The van der Waals surface area contributed by atoms with Crippen molar-refractivity contribution in [2.45, 2.75) is 12.3 Å². The maximum absolute atomic E-state index is 12.9. The topological polar surface area (TPSA) is 46.2 Å². The van der Waals surface area contributed by atoms with Gasteiger partial charge < -0.3 is 10.8 Å². The average Bonchev–Trinajstić information content (AvgIpc) is 2.41. The number of rotatable bonds is 4. The van der Waals surface area contributed by atoms with Gasteiger partial charge in [0.1, 0.15) is 11.6 Å². The molecule has 0 aliphatic heterocycles. The van der Waals surface area contributed by atoms with E-state index in [9.17, 15) is 9.50 Å². The molecule has 0 aromatic heterocycles. The van der Waals surface area contributed by atoms with Crippen molar-refractivity contribution < 1.29 is 9.50 Å². The van der Waals surface area contributed by atoms with E-state index in [0.29, 0.717) is 18.0 Å². The summed E-state index contributed by atoms with van der Waals surface area (Å²) in [5.41, 5.74) is 7.76. The van der Waals surface area contributed by atoms with Gasteiger partial charge in [0.05, 0.1) is 5.02 Å². The Kier molecular flexibility index (Phi) is 4.40. The Balaban J connectivity index is 2.18. The lowest BCUT2D eigenvalue weighted by atomic mass is 9.92. The van der Waals surface area contributed by atoms with E-state index < -0.39 is 0 Å². The van der Waals surface area contributed by atoms with Crippen molar-refractivity contribution in [3.05, 3.63) is 64.4 Å². The molecule has 0 saturated heterocycles. The molecule has 2 aromatic carbocycles. The van der Waals surface area contributed by atoms with Crippen LogP contribution in [0.5, 0.6) is 5.75 Å². The Morgan fingerprint density at radius 2 is 1.84 bits per heavy atom. The van der Waals surface area contributed by atoms with Gasteiger partial charge in [-0.15, -0.1) is 0 Å². The van der Waals surface area contributed by atoms with Crippen LogP contribution in [0.1, 0.15) is 17.0 Å². The predicted octanol–water partition coefficient (Wildman–Crippen LogP) is 3.47. The SMILES string of the molecule is NCC(Cc1ccc(O)c(Cl)c1)c1ccc(F)cc1. The summed E-state index contributed by atoms with van der Waals surface area (Å²) in [6.45, 7) is 0.462. The Hall–Kier alpha value is -1.58. The quantitative estimate of drug-likeness (QED) is 0.900. The Labute approximate surface area is 116 Å². The normalized spacial score (nSPS) is 12.4. The number of phenols is 1. The lowest BCUT2D eigenvalue weighted by Gasteiger charge is -2.15. The van der Waals surface area contributed by atoms with Gasteiger partial charge in [-0.3, -0.25) is 0 Å². The van der Waals surface area contributed by atoms with Crippen molar-refractivity contribution >= 4 is 11.6 Å². The number of phenolic OH excluding ortho intramolecular Hbond substituents is 1. The van der Waals surface area contributed by atoms with Crippen molar-refractivity contribution in [3.8, 4) is 5.75 Å². The summed E-state index contributed by atoms with van der Waals surface area (Å²) in [4.78, 5) is 0. The zero-order chi connectivity index (χ0) is 13.8. The fraction of sp³-hybridized carbons (Fsp3) is 0.200. The second-order valence-electron chi connectivity index (χ2n) is 4.47. The van der Waals surface area contributed by atoms with E-state index >= 15 is 0 Å². The van der Waals surface area contributed by atoms with Crippen LogP contribution in [0.15, 0.2) is 42.5 Å². The molecule has 0 aliphatic carbocycles. The molecule has 100 valence electrons. The molecule has 2 nitrogen and oxygen atoms in total. The maximum Gasteiger partial charge on any atom is 0.134 e. The third kappa shape index (κ3) is 3.46. The minimum absolute atomic E-state index is 0.0662. The second-order valence-corrected chi connectivity index (χ2v) is 4.88. The third-order valence-electron chi connectivity index (χ3n) is 3.12. The standard InChI is InChI=1S/C15H15ClFNO/c16-14-8-10(1-6-15(14)19)7-12(9-18)11-2-4-13(17)5-3-11/h1-6,8,12,19H,7,9,18H2. The first kappa shape index (κ1) is 13.8. The fourth-order valence-electron chi connectivity index (χ4n) is 2.03. The first-order valence-corrected chi connectivity index (χ1v) is 6.41. The van der Waals surface area contributed by atoms with Gasteiger partial charge in [0, 0.05) is 5.92 Å². The molecule has 0 radical (unpaired) electrons. The summed E-state index contributed by atoms with van der Waals surface area (Å²) in [5.74, 6) is -0.0927. The molecule has 0 heterocycles. The lowest BCUT2D eigenvalue weighted by molar-refractivity contribution is 0.475. The van der Waals surface area contributed by atoms with Gasteiger partial charge in [-0.1, -0.05) is 29.8 Å². The van der Waals surface area contributed by atoms with Crippen LogP contribution in [0.25, 0.3) is 0 Å². The van der Waals surface area contributed by atoms with Crippen LogP contribution in [-0.4, -0.2) is 11.7 Å². The number of aromatic hydroxyl groups is 1. The first-order chi connectivity index (χ1) is 9.10. The molecular formula is C15H15ClFNO. The van der Waals surface area contributed by atoms with Crippen molar-refractivity contribution in [2.75, 3.05) is 6.54 Å². The molecule has 1 atom stereocenters. The van der Waals surface area contributed by atoms with Crippen molar-refractivity contribution in [1.29, 1.82) is 0 Å². The molecule has 0 bridgehead atoms. The predicted molar refractivity (Wildman–Crippen MR) is 75.0 cm³/mol. The van der Waals surface area contributed by atoms with Gasteiger partial charge in [0.15, 0.2) is 0 Å². The average molecular weight is 280 g/mol. The van der Waals surface area contributed by atoms with E-state index in [1.807, 2.05) is 6.07 Å². The van der Waals surface area contributed by atoms with E-state index in [-0.39, 0.29) is 17.5 Å². The highest BCUT2D eigenvalue weighted by Crippen LogP contribution is 2.27. The second kappa shape index (κ2) is 6.04. The molecule has 2 aromatic rings. The van der Waals surface area contributed by atoms with Crippen LogP contribution in [-0.2, 0) is 6.42 Å². The fourth-order valence-corrected chi connectivity index (χ4v) is 2.24. The number of halogens is 2. The van der Waals surface area contributed by atoms with E-state index in [4.69, 9.17) is 17.3 Å². The number of nitrogens with two attached hydrogens (primary N) is 1. The highest BCUT2D eigenvalue weighted by Gasteiger charge is 2.12. The van der Waals surface area contributed by atoms with Crippen LogP contribution in [0, 0.1) is 5.82 Å². The van der Waals surface area contributed by atoms with E-state index in [1.54, 1.807) is 24.3 Å². The van der Waals surface area contributed by atoms with Gasteiger partial charge in [0.2, 0.25) is 0 Å². The first-order valence-electron chi connectivity index (χ1n) is 6.03. The molecule has 0 fully saturated rings. The Morgan fingerprint density at radius 3 is 2.42 bits per heavy atom. The van der Waals surface area contributed by atoms with Crippen molar-refractivity contribution in [3.63, 3.8) is 0 Å². The smallest absolute Gasteiger partial charge is 0.134 e. The molecule has 0 saturated carbocycles. The van der Waals surface area contributed by atoms with Crippen molar-refractivity contribution in [1.82, 2.24) is 0 Å². The molecular weight excluding hydrogens is 265 g/mol. The van der Waals surface area contributed by atoms with Crippen LogP contribution in [0.2, 0.25) is 5.02 Å². The molecule has 1 unspecified atom stereocenters. The Bertz CT molecular complexity index is 557. The summed E-state index contributed by atoms with van der Waals surface area (Å²) < 4.78 is 12.9. The number of hydrogen-bond acceptors (Lipinski definition) is 2.